The van der Waals surface area contributed by atoms with E-state index >= 15 is 0 Å². The van der Waals surface area contributed by atoms with Crippen LogP contribution in [0.4, 0.5) is 5.69 Å². The number of carbonyl (C=O) groups is 1. The highest BCUT2D eigenvalue weighted by Gasteiger charge is 2.29. The van der Waals surface area contributed by atoms with Crippen molar-refractivity contribution in [1.82, 2.24) is 13.5 Å². The molecule has 1 atom stereocenters. The lowest BCUT2D eigenvalue weighted by molar-refractivity contribution is -0.117. The van der Waals surface area contributed by atoms with E-state index in [1.807, 2.05) is 6.92 Å². The Balaban J connectivity index is 1.71. The van der Waals surface area contributed by atoms with Gasteiger partial charge in [0.15, 0.2) is 0 Å². The molecule has 0 fully saturated rings. The highest BCUT2D eigenvalue weighted by molar-refractivity contribution is 7.89. The summed E-state index contributed by atoms with van der Waals surface area (Å²) >= 11 is 6.98. The largest absolute Gasteiger partial charge is 0.324 e. The van der Waals surface area contributed by atoms with Crippen LogP contribution >= 0.6 is 23.3 Å². The average molecular weight is 473 g/mol. The Morgan fingerprint density at radius 3 is 2.58 bits per heavy atom. The Morgan fingerprint density at radius 2 is 1.81 bits per heavy atom. The summed E-state index contributed by atoms with van der Waals surface area (Å²) in [6.07, 6.45) is 0. The molecule has 0 bridgehead atoms. The SMILES string of the molecule is Cc1ccc(Cl)cc1NC(=O)[C@@H](NS(=O)(=O)c1cccc2nsnc12)c1ccccc1. The Labute approximate surface area is 188 Å². The van der Waals surface area contributed by atoms with Crippen molar-refractivity contribution in [3.8, 4) is 0 Å². The van der Waals surface area contributed by atoms with Gasteiger partial charge in [-0.15, -0.1) is 0 Å². The number of aromatic nitrogens is 2. The third-order valence-corrected chi connectivity index (χ3v) is 6.90. The molecule has 31 heavy (non-hydrogen) atoms. The number of fused-ring (bicyclic) bond motifs is 1. The summed E-state index contributed by atoms with van der Waals surface area (Å²) in [6, 6.07) is 17.3. The van der Waals surface area contributed by atoms with Gasteiger partial charge in [-0.05, 0) is 42.3 Å². The molecule has 0 spiro atoms. The van der Waals surface area contributed by atoms with Gasteiger partial charge in [-0.3, -0.25) is 4.79 Å². The Morgan fingerprint density at radius 1 is 1.03 bits per heavy atom. The normalized spacial score (nSPS) is 12.6. The van der Waals surface area contributed by atoms with Crippen molar-refractivity contribution in [2.45, 2.75) is 17.9 Å². The highest BCUT2D eigenvalue weighted by atomic mass is 35.5. The van der Waals surface area contributed by atoms with Gasteiger partial charge < -0.3 is 5.32 Å². The molecule has 0 aliphatic carbocycles. The Bertz CT molecular complexity index is 1360. The van der Waals surface area contributed by atoms with Crippen LogP contribution in [0, 0.1) is 6.92 Å². The summed E-state index contributed by atoms with van der Waals surface area (Å²) < 4.78 is 37.2. The van der Waals surface area contributed by atoms with E-state index in [4.69, 9.17) is 11.6 Å². The van der Waals surface area contributed by atoms with Crippen molar-refractivity contribution < 1.29 is 13.2 Å². The first kappa shape index (κ1) is 21.4. The second kappa shape index (κ2) is 8.72. The first-order chi connectivity index (χ1) is 14.8. The molecule has 4 aromatic rings. The molecule has 0 unspecified atom stereocenters. The lowest BCUT2D eigenvalue weighted by Gasteiger charge is -2.20. The predicted molar refractivity (Wildman–Crippen MR) is 122 cm³/mol. The van der Waals surface area contributed by atoms with Gasteiger partial charge in [-0.2, -0.15) is 13.5 Å². The Hall–Kier alpha value is -2.85. The van der Waals surface area contributed by atoms with Crippen LogP contribution in [0.1, 0.15) is 17.2 Å². The van der Waals surface area contributed by atoms with E-state index in [0.717, 1.165) is 17.3 Å². The number of amides is 1. The fourth-order valence-corrected chi connectivity index (χ4v) is 5.19. The smallest absolute Gasteiger partial charge is 0.247 e. The van der Waals surface area contributed by atoms with E-state index in [0.29, 0.717) is 21.8 Å². The summed E-state index contributed by atoms with van der Waals surface area (Å²) in [5.41, 5.74) is 2.53. The molecule has 4 rings (SSSR count). The van der Waals surface area contributed by atoms with Crippen molar-refractivity contribution in [2.75, 3.05) is 5.32 Å². The zero-order valence-electron chi connectivity index (χ0n) is 16.2. The number of hydrogen-bond acceptors (Lipinski definition) is 6. The lowest BCUT2D eigenvalue weighted by atomic mass is 10.1. The van der Waals surface area contributed by atoms with Crippen molar-refractivity contribution in [3.05, 3.63) is 82.9 Å². The quantitative estimate of drug-likeness (QED) is 0.435. The third-order valence-electron chi connectivity index (χ3n) is 4.66. The van der Waals surface area contributed by atoms with Crippen LogP contribution in [0.25, 0.3) is 11.0 Å². The van der Waals surface area contributed by atoms with Gasteiger partial charge >= 0.3 is 0 Å². The maximum Gasteiger partial charge on any atom is 0.247 e. The topological polar surface area (TPSA) is 101 Å². The summed E-state index contributed by atoms with van der Waals surface area (Å²) in [6.45, 7) is 1.82. The maximum absolute atomic E-state index is 13.2. The molecule has 1 aromatic heterocycles. The Kier molecular flexibility index (Phi) is 6.01. The van der Waals surface area contributed by atoms with Gasteiger partial charge in [0.2, 0.25) is 15.9 Å². The van der Waals surface area contributed by atoms with E-state index in [2.05, 4.69) is 18.8 Å². The zero-order chi connectivity index (χ0) is 22.0. The predicted octanol–water partition coefficient (Wildman–Crippen LogP) is 4.31. The minimum absolute atomic E-state index is 0.0357. The lowest BCUT2D eigenvalue weighted by Crippen LogP contribution is -2.37. The molecule has 0 aliphatic heterocycles. The van der Waals surface area contributed by atoms with Gasteiger partial charge in [-0.1, -0.05) is 54.1 Å². The number of benzene rings is 3. The van der Waals surface area contributed by atoms with Gasteiger partial charge in [0.1, 0.15) is 22.0 Å². The van der Waals surface area contributed by atoms with Crippen LogP contribution in [0.3, 0.4) is 0 Å². The maximum atomic E-state index is 13.2. The standard InChI is InChI=1S/C21H17ClN4O3S2/c1-13-10-11-15(22)12-17(13)23-21(27)19(14-6-3-2-4-7-14)26-31(28,29)18-9-5-8-16-20(18)25-30-24-16/h2-12,19,26H,1H3,(H,23,27)/t19-/m0/s1. The fraction of sp³-hybridized carbons (Fsp3) is 0.0952. The minimum atomic E-state index is -4.09. The second-order valence-corrected chi connectivity index (χ2v) is 9.45. The summed E-state index contributed by atoms with van der Waals surface area (Å²) in [4.78, 5) is 13.2. The summed E-state index contributed by atoms with van der Waals surface area (Å²) in [5.74, 6) is -0.538. The fourth-order valence-electron chi connectivity index (χ4n) is 3.07. The van der Waals surface area contributed by atoms with Gasteiger partial charge in [0.25, 0.3) is 0 Å². The van der Waals surface area contributed by atoms with Gasteiger partial charge in [0.05, 0.1) is 11.7 Å². The van der Waals surface area contributed by atoms with E-state index in [9.17, 15) is 13.2 Å². The molecule has 3 aromatic carbocycles. The first-order valence-corrected chi connectivity index (χ1v) is 11.8. The van der Waals surface area contributed by atoms with Crippen LogP contribution in [0.5, 0.6) is 0 Å². The molecule has 158 valence electrons. The average Bonchev–Trinajstić information content (AvgIpc) is 3.24. The number of nitrogens with one attached hydrogen (secondary N) is 2. The monoisotopic (exact) mass is 472 g/mol. The number of hydrogen-bond donors (Lipinski definition) is 2. The summed E-state index contributed by atoms with van der Waals surface area (Å²) in [5, 5.41) is 3.24. The number of nitrogens with zero attached hydrogens (tertiary/aromatic N) is 2. The molecule has 0 aliphatic rings. The van der Waals surface area contributed by atoms with E-state index in [1.54, 1.807) is 60.7 Å². The molecule has 10 heteroatoms. The van der Waals surface area contributed by atoms with Crippen LogP contribution < -0.4 is 10.0 Å². The van der Waals surface area contributed by atoms with Crippen molar-refractivity contribution in [1.29, 1.82) is 0 Å². The molecule has 0 radical (unpaired) electrons. The molecule has 1 amide bonds. The molecular weight excluding hydrogens is 456 g/mol. The van der Waals surface area contributed by atoms with E-state index in [-0.39, 0.29) is 10.4 Å². The van der Waals surface area contributed by atoms with Gasteiger partial charge in [-0.25, -0.2) is 8.42 Å². The second-order valence-electron chi connectivity index (χ2n) is 6.80. The molecule has 0 saturated carbocycles. The van der Waals surface area contributed by atoms with Crippen LogP contribution in [0.15, 0.2) is 71.6 Å². The molecular formula is C21H17ClN4O3S2. The third kappa shape index (κ3) is 4.59. The number of halogens is 1. The molecule has 2 N–H and O–H groups in total. The minimum Gasteiger partial charge on any atom is -0.324 e. The number of anilines is 1. The van der Waals surface area contributed by atoms with Crippen LogP contribution in [-0.4, -0.2) is 23.1 Å². The van der Waals surface area contributed by atoms with Crippen molar-refractivity contribution in [2.24, 2.45) is 0 Å². The van der Waals surface area contributed by atoms with Crippen LogP contribution in [-0.2, 0) is 14.8 Å². The first-order valence-electron chi connectivity index (χ1n) is 9.21. The zero-order valence-corrected chi connectivity index (χ0v) is 18.6. The molecule has 7 nitrogen and oxygen atoms in total. The van der Waals surface area contributed by atoms with E-state index < -0.39 is 22.0 Å². The van der Waals surface area contributed by atoms with Crippen molar-refractivity contribution >= 4 is 56.0 Å². The number of sulfonamides is 1. The van der Waals surface area contributed by atoms with Gasteiger partial charge in [0, 0.05) is 10.7 Å². The van der Waals surface area contributed by atoms with Crippen LogP contribution in [0.2, 0.25) is 5.02 Å². The summed E-state index contributed by atoms with van der Waals surface area (Å²) in [7, 11) is -4.09. The molecule has 1 heterocycles. The number of carbonyl (C=O) groups excluding carboxylic acids is 1. The number of rotatable bonds is 6. The highest BCUT2D eigenvalue weighted by Crippen LogP contribution is 2.26. The number of aryl methyl sites for hydroxylation is 1. The molecule has 0 saturated heterocycles. The van der Waals surface area contributed by atoms with E-state index in [1.165, 1.54) is 6.07 Å². The van der Waals surface area contributed by atoms with Crippen molar-refractivity contribution in [3.63, 3.8) is 0 Å².